The number of hydrogen-bond donors (Lipinski definition) is 1. The van der Waals surface area contributed by atoms with Gasteiger partial charge in [0.15, 0.2) is 0 Å². The van der Waals surface area contributed by atoms with E-state index in [1.54, 1.807) is 24.3 Å². The van der Waals surface area contributed by atoms with E-state index in [9.17, 15) is 8.76 Å². The SMILES string of the molecule is CCN1CCN(c2cc3c(cc2F)c2nc4ccc(NS(=O)[O-])cc4c-2cn3C2CC2)CC1. The summed E-state index contributed by atoms with van der Waals surface area (Å²) in [5.74, 6) is -0.224. The molecule has 1 N–H and O–H groups in total. The molecule has 0 radical (unpaired) electrons. The molecule has 2 fully saturated rings. The van der Waals surface area contributed by atoms with Crippen molar-refractivity contribution in [3.63, 3.8) is 0 Å². The maximum atomic E-state index is 15.5. The number of aromatic nitrogens is 2. The number of piperazine rings is 1. The van der Waals surface area contributed by atoms with Gasteiger partial charge in [0.25, 0.3) is 0 Å². The van der Waals surface area contributed by atoms with E-state index in [0.717, 1.165) is 78.6 Å². The first-order valence-corrected chi connectivity index (χ1v) is 12.5. The molecule has 1 saturated heterocycles. The molecule has 33 heavy (non-hydrogen) atoms. The Morgan fingerprint density at radius 2 is 1.94 bits per heavy atom. The molecular weight excluding hydrogens is 441 g/mol. The van der Waals surface area contributed by atoms with Crippen molar-refractivity contribution in [1.29, 1.82) is 0 Å². The predicted octanol–water partition coefficient (Wildman–Crippen LogP) is 4.12. The van der Waals surface area contributed by atoms with Gasteiger partial charge in [-0.2, -0.15) is 0 Å². The van der Waals surface area contributed by atoms with Crippen LogP contribution in [0.15, 0.2) is 36.5 Å². The van der Waals surface area contributed by atoms with E-state index >= 15 is 4.39 Å². The van der Waals surface area contributed by atoms with E-state index in [2.05, 4.69) is 32.2 Å². The molecule has 3 aliphatic heterocycles. The van der Waals surface area contributed by atoms with Crippen LogP contribution in [-0.4, -0.2) is 55.9 Å². The first-order valence-electron chi connectivity index (χ1n) is 11.4. The summed E-state index contributed by atoms with van der Waals surface area (Å²) in [6, 6.07) is 9.31. The Kier molecular flexibility index (Phi) is 5.01. The number of benzene rings is 2. The number of anilines is 2. The van der Waals surface area contributed by atoms with Crippen LogP contribution in [0.4, 0.5) is 15.8 Å². The highest BCUT2D eigenvalue weighted by molar-refractivity contribution is 7.80. The molecule has 7 nitrogen and oxygen atoms in total. The van der Waals surface area contributed by atoms with Crippen LogP contribution in [0.3, 0.4) is 0 Å². The Hall–Kier alpha value is -2.75. The fourth-order valence-electron chi connectivity index (χ4n) is 5.02. The van der Waals surface area contributed by atoms with E-state index in [4.69, 9.17) is 4.98 Å². The minimum atomic E-state index is -2.40. The van der Waals surface area contributed by atoms with Gasteiger partial charge in [-0.25, -0.2) is 9.37 Å². The molecule has 2 aromatic carbocycles. The lowest BCUT2D eigenvalue weighted by atomic mass is 10.0. The monoisotopic (exact) mass is 466 g/mol. The molecule has 0 amide bonds. The third-order valence-electron chi connectivity index (χ3n) is 6.94. The van der Waals surface area contributed by atoms with Crippen molar-refractivity contribution in [2.45, 2.75) is 25.8 Å². The number of rotatable bonds is 5. The summed E-state index contributed by atoms with van der Waals surface area (Å²) in [6.45, 7) is 6.69. The fourth-order valence-corrected chi connectivity index (χ4v) is 5.34. The number of halogens is 1. The van der Waals surface area contributed by atoms with Gasteiger partial charge in [0.1, 0.15) is 5.82 Å². The van der Waals surface area contributed by atoms with E-state index in [-0.39, 0.29) is 5.82 Å². The molecule has 1 atom stereocenters. The second-order valence-corrected chi connectivity index (χ2v) is 9.63. The first kappa shape index (κ1) is 20.8. The molecule has 3 heterocycles. The lowest BCUT2D eigenvalue weighted by Crippen LogP contribution is -2.46. The average molecular weight is 467 g/mol. The molecule has 1 aliphatic carbocycles. The average Bonchev–Trinajstić information content (AvgIpc) is 3.59. The summed E-state index contributed by atoms with van der Waals surface area (Å²) in [5.41, 5.74) is 4.57. The van der Waals surface area contributed by atoms with Crippen molar-refractivity contribution < 1.29 is 13.2 Å². The minimum Gasteiger partial charge on any atom is -0.755 e. The van der Waals surface area contributed by atoms with Gasteiger partial charge in [-0.1, -0.05) is 6.92 Å². The van der Waals surface area contributed by atoms with E-state index in [1.165, 1.54) is 0 Å². The highest BCUT2D eigenvalue weighted by atomic mass is 32.2. The van der Waals surface area contributed by atoms with Gasteiger partial charge >= 0.3 is 0 Å². The molecular formula is C24H25FN5O2S-. The van der Waals surface area contributed by atoms with Crippen molar-refractivity contribution in [2.24, 2.45) is 0 Å². The Bertz CT molecular complexity index is 1360. The second kappa shape index (κ2) is 7.93. The first-order chi connectivity index (χ1) is 16.0. The maximum Gasteiger partial charge on any atom is 0.147 e. The zero-order chi connectivity index (χ0) is 22.7. The van der Waals surface area contributed by atoms with Gasteiger partial charge in [-0.05, 0) is 49.7 Å². The number of likely N-dealkylation sites (N-methyl/N-ethyl adjacent to an activating group) is 1. The maximum absolute atomic E-state index is 15.5. The van der Waals surface area contributed by atoms with Crippen molar-refractivity contribution in [2.75, 3.05) is 42.3 Å². The molecule has 6 rings (SSSR count). The Labute approximate surface area is 193 Å². The summed E-state index contributed by atoms with van der Waals surface area (Å²) < 4.78 is 42.3. The zero-order valence-corrected chi connectivity index (χ0v) is 19.2. The number of nitrogens with zero attached hydrogens (tertiary/aromatic N) is 4. The van der Waals surface area contributed by atoms with Crippen LogP contribution in [0.2, 0.25) is 0 Å². The van der Waals surface area contributed by atoms with Crippen LogP contribution in [-0.2, 0) is 11.3 Å². The standard InChI is InChI=1S/C24H26FN5O2S/c1-2-28-7-9-29(10-8-28)23-13-22-18(12-20(23)25)24-19(14-30(22)16-4-5-16)17-11-15(27-33(31)32)3-6-21(17)26-24/h3,6,11-14,16,27H,2,4-5,7-10H2,1H3,(H,31,32)/p-1. The molecule has 0 bridgehead atoms. The fraction of sp³-hybridized carbons (Fsp3) is 0.375. The Morgan fingerprint density at radius 1 is 1.15 bits per heavy atom. The minimum absolute atomic E-state index is 0.224. The summed E-state index contributed by atoms with van der Waals surface area (Å²) in [5, 5.41) is 1.66. The number of hydrogen-bond acceptors (Lipinski definition) is 5. The smallest absolute Gasteiger partial charge is 0.147 e. The topological polar surface area (TPSA) is 76.5 Å². The van der Waals surface area contributed by atoms with E-state index < -0.39 is 11.3 Å². The Balaban J connectivity index is 1.52. The molecule has 2 aromatic rings. The lowest BCUT2D eigenvalue weighted by molar-refractivity contribution is 0.270. The van der Waals surface area contributed by atoms with Crippen LogP contribution in [0, 0.1) is 5.82 Å². The third kappa shape index (κ3) is 3.64. The molecule has 172 valence electrons. The summed E-state index contributed by atoms with van der Waals surface area (Å²) >= 11 is -2.40. The molecule has 1 unspecified atom stereocenters. The quantitative estimate of drug-likeness (QED) is 0.448. The highest BCUT2D eigenvalue weighted by Gasteiger charge is 2.29. The van der Waals surface area contributed by atoms with Crippen molar-refractivity contribution >= 4 is 44.4 Å². The van der Waals surface area contributed by atoms with Crippen LogP contribution in [0.5, 0.6) is 0 Å². The molecule has 0 aromatic heterocycles. The van der Waals surface area contributed by atoms with Crippen molar-refractivity contribution in [3.8, 4) is 11.3 Å². The van der Waals surface area contributed by atoms with Gasteiger partial charge < -0.3 is 23.6 Å². The van der Waals surface area contributed by atoms with Gasteiger partial charge in [0.05, 0.1) is 22.4 Å². The Morgan fingerprint density at radius 3 is 2.64 bits per heavy atom. The predicted molar refractivity (Wildman–Crippen MR) is 129 cm³/mol. The van der Waals surface area contributed by atoms with E-state index in [0.29, 0.717) is 17.4 Å². The van der Waals surface area contributed by atoms with Gasteiger partial charge in [0.2, 0.25) is 0 Å². The number of nitrogens with one attached hydrogen (secondary N) is 1. The van der Waals surface area contributed by atoms with Gasteiger partial charge in [0, 0.05) is 71.7 Å². The molecule has 4 aliphatic rings. The summed E-state index contributed by atoms with van der Waals surface area (Å²) in [7, 11) is 0. The van der Waals surface area contributed by atoms with Gasteiger partial charge in [-0.15, -0.1) is 0 Å². The van der Waals surface area contributed by atoms with Crippen LogP contribution in [0.1, 0.15) is 25.8 Å². The lowest BCUT2D eigenvalue weighted by Gasteiger charge is -2.35. The van der Waals surface area contributed by atoms with Crippen molar-refractivity contribution in [3.05, 3.63) is 42.3 Å². The molecule has 9 heteroatoms. The van der Waals surface area contributed by atoms with Crippen LogP contribution >= 0.6 is 0 Å². The summed E-state index contributed by atoms with van der Waals surface area (Å²) in [4.78, 5) is 9.34. The largest absolute Gasteiger partial charge is 0.755 e. The van der Waals surface area contributed by atoms with Crippen LogP contribution in [0.25, 0.3) is 33.1 Å². The van der Waals surface area contributed by atoms with E-state index in [1.807, 2.05) is 6.07 Å². The zero-order valence-electron chi connectivity index (χ0n) is 18.4. The number of fused-ring (bicyclic) bond motifs is 5. The molecule has 0 spiro atoms. The molecule has 1 saturated carbocycles. The normalized spacial score (nSPS) is 18.5. The number of pyridine rings is 1. The van der Waals surface area contributed by atoms with Gasteiger partial charge in [-0.3, -0.25) is 4.21 Å². The highest BCUT2D eigenvalue weighted by Crippen LogP contribution is 2.44. The van der Waals surface area contributed by atoms with Crippen LogP contribution < -0.4 is 9.62 Å². The third-order valence-corrected chi connectivity index (χ3v) is 7.34. The van der Waals surface area contributed by atoms with Crippen molar-refractivity contribution in [1.82, 2.24) is 14.5 Å². The summed E-state index contributed by atoms with van der Waals surface area (Å²) in [6.07, 6.45) is 4.31. The second-order valence-electron chi connectivity index (χ2n) is 8.95.